The molecule has 0 amide bonds. The van der Waals surface area contributed by atoms with E-state index >= 15 is 0 Å². The lowest BCUT2D eigenvalue weighted by Gasteiger charge is -2.39. The third kappa shape index (κ3) is 2.63. The lowest BCUT2D eigenvalue weighted by molar-refractivity contribution is -0.0742. The van der Waals surface area contributed by atoms with Crippen molar-refractivity contribution in [2.75, 3.05) is 12.8 Å². The van der Waals surface area contributed by atoms with Gasteiger partial charge in [0.05, 0.1) is 21.2 Å². The van der Waals surface area contributed by atoms with E-state index in [0.717, 1.165) is 29.7 Å². The SMILES string of the molecule is COC1(Cc2onc(N)c2-c2ccc(Cl)c(Cl)c2)CCC1. The molecule has 1 aromatic heterocycles. The predicted molar refractivity (Wildman–Crippen MR) is 83.7 cm³/mol. The second-order valence-corrected chi connectivity index (χ2v) is 6.23. The van der Waals surface area contributed by atoms with Crippen LogP contribution in [0.2, 0.25) is 10.0 Å². The summed E-state index contributed by atoms with van der Waals surface area (Å²) >= 11 is 12.0. The molecule has 0 aliphatic heterocycles. The average Bonchev–Trinajstić information content (AvgIpc) is 2.78. The highest BCUT2D eigenvalue weighted by atomic mass is 35.5. The molecule has 0 unspecified atom stereocenters. The summed E-state index contributed by atoms with van der Waals surface area (Å²) in [4.78, 5) is 0. The number of methoxy groups -OCH3 is 1. The van der Waals surface area contributed by atoms with E-state index in [0.29, 0.717) is 22.3 Å². The van der Waals surface area contributed by atoms with Crippen LogP contribution < -0.4 is 5.73 Å². The minimum Gasteiger partial charge on any atom is -0.380 e. The summed E-state index contributed by atoms with van der Waals surface area (Å²) in [6.45, 7) is 0. The third-order valence-electron chi connectivity index (χ3n) is 4.18. The van der Waals surface area contributed by atoms with Crippen molar-refractivity contribution in [2.24, 2.45) is 0 Å². The van der Waals surface area contributed by atoms with Gasteiger partial charge in [0.15, 0.2) is 5.82 Å². The first-order chi connectivity index (χ1) is 10.0. The van der Waals surface area contributed by atoms with Crippen LogP contribution in [0.4, 0.5) is 5.82 Å². The molecule has 0 saturated heterocycles. The van der Waals surface area contributed by atoms with Crippen LogP contribution in [0.5, 0.6) is 0 Å². The van der Waals surface area contributed by atoms with Crippen LogP contribution in [-0.2, 0) is 11.2 Å². The number of hydrogen-bond acceptors (Lipinski definition) is 4. The number of aromatic nitrogens is 1. The number of ether oxygens (including phenoxy) is 1. The lowest BCUT2D eigenvalue weighted by Crippen LogP contribution is -2.41. The molecule has 4 nitrogen and oxygen atoms in total. The summed E-state index contributed by atoms with van der Waals surface area (Å²) in [6, 6.07) is 5.38. The van der Waals surface area contributed by atoms with Crippen LogP contribution in [0.3, 0.4) is 0 Å². The van der Waals surface area contributed by atoms with Crippen LogP contribution in [-0.4, -0.2) is 17.9 Å². The molecule has 21 heavy (non-hydrogen) atoms. The molecular formula is C15H16Cl2N2O2. The van der Waals surface area contributed by atoms with E-state index in [1.54, 1.807) is 19.2 Å². The van der Waals surface area contributed by atoms with Crippen molar-refractivity contribution in [1.82, 2.24) is 5.16 Å². The first-order valence-corrected chi connectivity index (χ1v) is 7.55. The molecule has 2 N–H and O–H groups in total. The molecule has 1 fully saturated rings. The van der Waals surface area contributed by atoms with Gasteiger partial charge >= 0.3 is 0 Å². The van der Waals surface area contributed by atoms with Gasteiger partial charge in [-0.15, -0.1) is 0 Å². The maximum Gasteiger partial charge on any atom is 0.175 e. The highest BCUT2D eigenvalue weighted by Gasteiger charge is 2.39. The van der Waals surface area contributed by atoms with E-state index < -0.39 is 0 Å². The summed E-state index contributed by atoms with van der Waals surface area (Å²) in [5, 5.41) is 4.87. The number of anilines is 1. The maximum absolute atomic E-state index is 6.09. The number of rotatable bonds is 4. The molecule has 1 aromatic carbocycles. The molecule has 0 bridgehead atoms. The van der Waals surface area contributed by atoms with Gasteiger partial charge in [0, 0.05) is 13.5 Å². The van der Waals surface area contributed by atoms with Crippen molar-refractivity contribution in [3.63, 3.8) is 0 Å². The first kappa shape index (κ1) is 14.7. The van der Waals surface area contributed by atoms with Gasteiger partial charge in [-0.25, -0.2) is 0 Å². The first-order valence-electron chi connectivity index (χ1n) is 6.79. The number of nitrogens with two attached hydrogens (primary N) is 1. The van der Waals surface area contributed by atoms with Crippen molar-refractivity contribution in [1.29, 1.82) is 0 Å². The van der Waals surface area contributed by atoms with E-state index in [-0.39, 0.29) is 5.60 Å². The van der Waals surface area contributed by atoms with Gasteiger partial charge in [0.25, 0.3) is 0 Å². The molecule has 0 spiro atoms. The van der Waals surface area contributed by atoms with Crippen LogP contribution >= 0.6 is 23.2 Å². The number of halogens is 2. The Balaban J connectivity index is 1.98. The summed E-state index contributed by atoms with van der Waals surface area (Å²) < 4.78 is 11.1. The molecule has 1 heterocycles. The Morgan fingerprint density at radius 2 is 2.10 bits per heavy atom. The standard InChI is InChI=1S/C15H16Cl2N2O2/c1-20-15(5-2-6-15)8-12-13(14(18)19-21-12)9-3-4-10(16)11(17)7-9/h3-4,7H,2,5-6,8H2,1H3,(H2,18,19). The van der Waals surface area contributed by atoms with Crippen molar-refractivity contribution < 1.29 is 9.26 Å². The number of nitrogens with zero attached hydrogens (tertiary/aromatic N) is 1. The van der Waals surface area contributed by atoms with Crippen molar-refractivity contribution in [2.45, 2.75) is 31.3 Å². The Kier molecular flexibility index (Phi) is 3.86. The summed E-state index contributed by atoms with van der Waals surface area (Å²) in [6.07, 6.45) is 3.86. The number of nitrogen functional groups attached to an aromatic ring is 1. The monoisotopic (exact) mass is 326 g/mol. The molecule has 3 rings (SSSR count). The fraction of sp³-hybridized carbons (Fsp3) is 0.400. The Morgan fingerprint density at radius 3 is 2.67 bits per heavy atom. The van der Waals surface area contributed by atoms with E-state index in [4.69, 9.17) is 38.2 Å². The second-order valence-electron chi connectivity index (χ2n) is 5.41. The minimum atomic E-state index is -0.156. The fourth-order valence-corrected chi connectivity index (χ4v) is 3.03. The Morgan fingerprint density at radius 1 is 1.33 bits per heavy atom. The predicted octanol–water partition coefficient (Wildman–Crippen LogP) is 4.34. The van der Waals surface area contributed by atoms with E-state index in [9.17, 15) is 0 Å². The van der Waals surface area contributed by atoms with Crippen molar-refractivity contribution >= 4 is 29.0 Å². The molecule has 0 radical (unpaired) electrons. The second kappa shape index (κ2) is 5.52. The lowest BCUT2D eigenvalue weighted by atomic mass is 9.76. The minimum absolute atomic E-state index is 0.156. The molecule has 0 atom stereocenters. The van der Waals surface area contributed by atoms with Crippen molar-refractivity contribution in [3.05, 3.63) is 34.0 Å². The average molecular weight is 327 g/mol. The zero-order chi connectivity index (χ0) is 15.0. The van der Waals surface area contributed by atoms with Crippen LogP contribution in [0, 0.1) is 0 Å². The summed E-state index contributed by atoms with van der Waals surface area (Å²) in [5.74, 6) is 1.08. The smallest absolute Gasteiger partial charge is 0.175 e. The van der Waals surface area contributed by atoms with Gasteiger partial charge in [-0.3, -0.25) is 0 Å². The maximum atomic E-state index is 6.09. The normalized spacial score (nSPS) is 16.7. The molecule has 1 aliphatic carbocycles. The van der Waals surface area contributed by atoms with Gasteiger partial charge in [-0.2, -0.15) is 0 Å². The Hall–Kier alpha value is -1.23. The van der Waals surface area contributed by atoms with Gasteiger partial charge in [-0.1, -0.05) is 34.4 Å². The fourth-order valence-electron chi connectivity index (χ4n) is 2.74. The molecule has 1 aliphatic rings. The largest absolute Gasteiger partial charge is 0.380 e. The zero-order valence-electron chi connectivity index (χ0n) is 11.7. The zero-order valence-corrected chi connectivity index (χ0v) is 13.2. The molecule has 112 valence electrons. The number of benzene rings is 1. The van der Waals surface area contributed by atoms with Crippen LogP contribution in [0.15, 0.2) is 22.7 Å². The Labute approximate surface area is 133 Å². The van der Waals surface area contributed by atoms with E-state index in [1.807, 2.05) is 6.07 Å². The third-order valence-corrected chi connectivity index (χ3v) is 4.92. The Bertz CT molecular complexity index is 660. The van der Waals surface area contributed by atoms with Crippen LogP contribution in [0.1, 0.15) is 25.0 Å². The highest BCUT2D eigenvalue weighted by molar-refractivity contribution is 6.42. The van der Waals surface area contributed by atoms with Gasteiger partial charge < -0.3 is 15.0 Å². The quantitative estimate of drug-likeness (QED) is 0.907. The van der Waals surface area contributed by atoms with Crippen molar-refractivity contribution in [3.8, 4) is 11.1 Å². The molecular weight excluding hydrogens is 311 g/mol. The summed E-state index contributed by atoms with van der Waals surface area (Å²) in [7, 11) is 1.73. The van der Waals surface area contributed by atoms with E-state index in [2.05, 4.69) is 5.16 Å². The number of hydrogen-bond donors (Lipinski definition) is 1. The topological polar surface area (TPSA) is 61.3 Å². The molecule has 2 aromatic rings. The van der Waals surface area contributed by atoms with Crippen LogP contribution in [0.25, 0.3) is 11.1 Å². The van der Waals surface area contributed by atoms with Gasteiger partial charge in [-0.05, 0) is 37.0 Å². The van der Waals surface area contributed by atoms with E-state index in [1.165, 1.54) is 6.42 Å². The van der Waals surface area contributed by atoms with Gasteiger partial charge in [0.2, 0.25) is 0 Å². The highest BCUT2D eigenvalue weighted by Crippen LogP contribution is 2.41. The van der Waals surface area contributed by atoms with Gasteiger partial charge in [0.1, 0.15) is 5.76 Å². The molecule has 6 heteroatoms. The molecule has 1 saturated carbocycles. The summed E-state index contributed by atoms with van der Waals surface area (Å²) in [5.41, 5.74) is 7.43.